The number of rotatable bonds is 60. The van der Waals surface area contributed by atoms with Gasteiger partial charge in [0.25, 0.3) is 0 Å². The Hall–Kier alpha value is -2.64. The Kier molecular flexibility index (Phi) is 56.4. The molecule has 6 N–H and O–H groups in total. The van der Waals surface area contributed by atoms with E-state index in [1.807, 2.05) is 6.08 Å². The molecule has 0 aromatic rings. The maximum Gasteiger partial charge on any atom is 0.306 e. The molecule has 1 aliphatic heterocycles. The molecule has 8 unspecified atom stereocenters. The van der Waals surface area contributed by atoms with E-state index in [4.69, 9.17) is 14.2 Å². The number of allylic oxidation sites excluding steroid dienone is 9. The van der Waals surface area contributed by atoms with E-state index >= 15 is 0 Å². The highest BCUT2D eigenvalue weighted by molar-refractivity contribution is 5.80. The zero-order chi connectivity index (χ0) is 60.3. The van der Waals surface area contributed by atoms with Crippen molar-refractivity contribution in [3.63, 3.8) is 0 Å². The fraction of sp³-hybridized carbons (Fsp3) is 0.833. The van der Waals surface area contributed by atoms with Crippen molar-refractivity contribution in [3.8, 4) is 0 Å². The molecule has 484 valence electrons. The molecule has 0 spiro atoms. The van der Waals surface area contributed by atoms with Gasteiger partial charge in [-0.15, -0.1) is 0 Å². The van der Waals surface area contributed by atoms with Gasteiger partial charge in [0.1, 0.15) is 24.4 Å². The Labute approximate surface area is 509 Å². The highest BCUT2D eigenvalue weighted by Gasteiger charge is 2.47. The van der Waals surface area contributed by atoms with Gasteiger partial charge in [0.05, 0.1) is 25.4 Å². The SMILES string of the molecule is CCCCC/C=C\C/C=C\C/C=C\CCCCCCCCCC(O)C(=O)NC(COC1OC(CO)C(O)C(O)C1OC(=O)CCCCCCCCCCCCCCC/C=C/CCCCCCCC)C(O)/C=C/CCCCCCCCCCC. The Bertz CT molecular complexity index is 1580. The first-order valence-electron chi connectivity index (χ1n) is 35.1. The smallest absolute Gasteiger partial charge is 0.306 e. The van der Waals surface area contributed by atoms with Crippen LogP contribution in [0.4, 0.5) is 0 Å². The van der Waals surface area contributed by atoms with Crippen LogP contribution in [0.15, 0.2) is 60.8 Å². The molecule has 1 saturated heterocycles. The zero-order valence-electron chi connectivity index (χ0n) is 53.8. The first-order chi connectivity index (χ1) is 40.7. The number of ether oxygens (including phenoxy) is 3. The van der Waals surface area contributed by atoms with Crippen LogP contribution in [0.3, 0.4) is 0 Å². The predicted octanol–water partition coefficient (Wildman–Crippen LogP) is 17.7. The third kappa shape index (κ3) is 47.2. The number of aliphatic hydroxyl groups excluding tert-OH is 5. The van der Waals surface area contributed by atoms with E-state index in [0.29, 0.717) is 12.8 Å². The summed E-state index contributed by atoms with van der Waals surface area (Å²) in [5.41, 5.74) is 0. The molecule has 1 amide bonds. The third-order valence-electron chi connectivity index (χ3n) is 16.4. The first-order valence-corrected chi connectivity index (χ1v) is 35.1. The molecule has 0 radical (unpaired) electrons. The molecule has 0 aliphatic carbocycles. The van der Waals surface area contributed by atoms with Crippen LogP contribution in [0.25, 0.3) is 0 Å². The van der Waals surface area contributed by atoms with Gasteiger partial charge in [0.2, 0.25) is 5.91 Å². The molecular weight excluding hydrogens is 1040 g/mol. The van der Waals surface area contributed by atoms with Gasteiger partial charge in [-0.1, -0.05) is 287 Å². The molecule has 1 rings (SSSR count). The molecule has 1 heterocycles. The Balaban J connectivity index is 2.57. The number of hydrogen-bond donors (Lipinski definition) is 6. The Morgan fingerprint density at radius 1 is 0.470 bits per heavy atom. The van der Waals surface area contributed by atoms with Gasteiger partial charge in [-0.25, -0.2) is 0 Å². The Morgan fingerprint density at radius 2 is 0.831 bits per heavy atom. The summed E-state index contributed by atoms with van der Waals surface area (Å²) in [4.78, 5) is 26.6. The van der Waals surface area contributed by atoms with Crippen LogP contribution in [-0.4, -0.2) is 99.6 Å². The number of amides is 1. The summed E-state index contributed by atoms with van der Waals surface area (Å²) in [6.45, 7) is 5.78. The van der Waals surface area contributed by atoms with Gasteiger partial charge in [-0.3, -0.25) is 9.59 Å². The van der Waals surface area contributed by atoms with Crippen molar-refractivity contribution >= 4 is 11.9 Å². The summed E-state index contributed by atoms with van der Waals surface area (Å²) in [5.74, 6) is -1.19. The molecule has 11 heteroatoms. The maximum atomic E-state index is 13.5. The van der Waals surface area contributed by atoms with Crippen LogP contribution in [0.2, 0.25) is 0 Å². The molecule has 1 fully saturated rings. The largest absolute Gasteiger partial charge is 0.454 e. The van der Waals surface area contributed by atoms with Gasteiger partial charge >= 0.3 is 5.97 Å². The third-order valence-corrected chi connectivity index (χ3v) is 16.4. The van der Waals surface area contributed by atoms with Crippen molar-refractivity contribution in [3.05, 3.63) is 60.8 Å². The second kappa shape index (κ2) is 59.7. The van der Waals surface area contributed by atoms with Crippen molar-refractivity contribution in [1.82, 2.24) is 5.32 Å². The van der Waals surface area contributed by atoms with Crippen LogP contribution in [0.5, 0.6) is 0 Å². The summed E-state index contributed by atoms with van der Waals surface area (Å²) in [6.07, 6.45) is 65.5. The van der Waals surface area contributed by atoms with Gasteiger partial charge in [0.15, 0.2) is 12.4 Å². The minimum absolute atomic E-state index is 0.123. The number of carbonyl (C=O) groups is 2. The van der Waals surface area contributed by atoms with E-state index in [-0.39, 0.29) is 19.4 Å². The van der Waals surface area contributed by atoms with E-state index in [2.05, 4.69) is 74.7 Å². The predicted molar refractivity (Wildman–Crippen MR) is 347 cm³/mol. The fourth-order valence-corrected chi connectivity index (χ4v) is 10.8. The lowest BCUT2D eigenvalue weighted by atomic mass is 9.99. The number of esters is 1. The second-order valence-electron chi connectivity index (χ2n) is 24.3. The van der Waals surface area contributed by atoms with E-state index in [0.717, 1.165) is 83.5 Å². The lowest BCUT2D eigenvalue weighted by Gasteiger charge is -2.41. The quantitative estimate of drug-likeness (QED) is 0.0195. The number of carbonyl (C=O) groups excluding carboxylic acids is 2. The summed E-state index contributed by atoms with van der Waals surface area (Å²) in [6, 6.07) is -1.03. The molecule has 0 aromatic heterocycles. The van der Waals surface area contributed by atoms with E-state index in [1.165, 1.54) is 193 Å². The highest BCUT2D eigenvalue weighted by atomic mass is 16.7. The Morgan fingerprint density at radius 3 is 1.28 bits per heavy atom. The minimum Gasteiger partial charge on any atom is -0.454 e. The van der Waals surface area contributed by atoms with Crippen molar-refractivity contribution in [1.29, 1.82) is 0 Å². The molecule has 0 bridgehead atoms. The molecule has 83 heavy (non-hydrogen) atoms. The number of nitrogens with one attached hydrogen (secondary N) is 1. The molecule has 1 aliphatic rings. The fourth-order valence-electron chi connectivity index (χ4n) is 10.8. The first kappa shape index (κ1) is 78.4. The van der Waals surface area contributed by atoms with Gasteiger partial charge in [-0.2, -0.15) is 0 Å². The van der Waals surface area contributed by atoms with Gasteiger partial charge < -0.3 is 45.1 Å². The normalized spacial score (nSPS) is 18.9. The van der Waals surface area contributed by atoms with Crippen molar-refractivity contribution in [2.45, 2.75) is 372 Å². The lowest BCUT2D eigenvalue weighted by Crippen LogP contribution is -2.61. The van der Waals surface area contributed by atoms with E-state index < -0.39 is 67.4 Å². The number of unbranched alkanes of at least 4 members (excludes halogenated alkanes) is 38. The molecule has 11 nitrogen and oxygen atoms in total. The van der Waals surface area contributed by atoms with Crippen LogP contribution in [-0.2, 0) is 23.8 Å². The van der Waals surface area contributed by atoms with Crippen LogP contribution < -0.4 is 5.32 Å². The number of aliphatic hydroxyl groups is 5. The molecule has 8 atom stereocenters. The minimum atomic E-state index is -1.62. The topological polar surface area (TPSA) is 175 Å². The molecule has 0 saturated carbocycles. The van der Waals surface area contributed by atoms with E-state index in [1.54, 1.807) is 6.08 Å². The van der Waals surface area contributed by atoms with E-state index in [9.17, 15) is 35.1 Å². The van der Waals surface area contributed by atoms with Crippen molar-refractivity contribution in [2.75, 3.05) is 13.2 Å². The molecule has 0 aromatic carbocycles. The summed E-state index contributed by atoms with van der Waals surface area (Å²) in [5, 5.41) is 57.2. The number of hydrogen-bond acceptors (Lipinski definition) is 10. The summed E-state index contributed by atoms with van der Waals surface area (Å²) in [7, 11) is 0. The molecular formula is C72H131NO10. The lowest BCUT2D eigenvalue weighted by molar-refractivity contribution is -0.305. The van der Waals surface area contributed by atoms with Crippen LogP contribution >= 0.6 is 0 Å². The van der Waals surface area contributed by atoms with Crippen molar-refractivity contribution < 1.29 is 49.3 Å². The second-order valence-corrected chi connectivity index (χ2v) is 24.3. The van der Waals surface area contributed by atoms with Crippen LogP contribution in [0.1, 0.15) is 323 Å². The average Bonchev–Trinajstić information content (AvgIpc) is 3.61. The summed E-state index contributed by atoms with van der Waals surface area (Å²) >= 11 is 0. The highest BCUT2D eigenvalue weighted by Crippen LogP contribution is 2.26. The average molecular weight is 1170 g/mol. The van der Waals surface area contributed by atoms with Gasteiger partial charge in [-0.05, 0) is 89.9 Å². The van der Waals surface area contributed by atoms with Gasteiger partial charge in [0, 0.05) is 6.42 Å². The van der Waals surface area contributed by atoms with Crippen molar-refractivity contribution in [2.24, 2.45) is 0 Å². The summed E-state index contributed by atoms with van der Waals surface area (Å²) < 4.78 is 17.7. The monoisotopic (exact) mass is 1170 g/mol. The zero-order valence-corrected chi connectivity index (χ0v) is 53.8. The standard InChI is InChI=1S/C72H131NO10/c1-4-7-10-13-16-19-22-24-26-28-30-32-33-34-36-38-40-42-45-48-51-54-57-60-67(77)83-70-69(79)68(78)66(61-74)82-72(70)81-62-63(64(75)58-55-52-49-46-43-21-18-15-12-9-6-3)73-71(80)65(76)59-56-53-50-47-44-41-39-37-35-31-29-27-25-23-20-17-14-11-8-5-2/h17,20,24-27,31,35,55,58,63-66,68-70,72,74-76,78-79H,4-16,18-19,21-23,28-30,32-34,36-54,56-57,59-62H2,1-3H3,(H,73,80)/b20-17-,26-24+,27-25-,35-31-,58-55+. The maximum absolute atomic E-state index is 13.5. The van der Waals surface area contributed by atoms with Crippen LogP contribution in [0, 0.1) is 0 Å².